The molecule has 1 atom stereocenters. The summed E-state index contributed by atoms with van der Waals surface area (Å²) >= 11 is 12.8. The lowest BCUT2D eigenvalue weighted by Gasteiger charge is -2.29. The Morgan fingerprint density at radius 1 is 1.22 bits per heavy atom. The highest BCUT2D eigenvalue weighted by Gasteiger charge is 2.40. The maximum Gasteiger partial charge on any atom is 0.410 e. The lowest BCUT2D eigenvalue weighted by molar-refractivity contribution is -0.149. The van der Waals surface area contributed by atoms with E-state index in [0.29, 0.717) is 52.9 Å². The molecule has 2 heterocycles. The van der Waals surface area contributed by atoms with Crippen LogP contribution in [-0.4, -0.2) is 49.4 Å². The van der Waals surface area contributed by atoms with Crippen LogP contribution in [0.2, 0.25) is 10.0 Å². The highest BCUT2D eigenvalue weighted by Crippen LogP contribution is 2.39. The molecule has 0 radical (unpaired) electrons. The standard InChI is InChI=1S/C22H24Cl2F3N7O2/c1-10-6-13(23)17(14(24)7-10)32-21-30-15-8-29-20(31-16(9-35)22(25,26)27)33-19(15)34(21)12-4-2-11(3-5-12)18(28)36/h6-8,11-12,16,35H,2-5,9H2,1H3,(H2,28,36)(H,30,32)(H,29,31,33)/t11-,12+,16-/m1/s1. The molecule has 4 rings (SSSR count). The molecule has 1 fully saturated rings. The topological polar surface area (TPSA) is 131 Å². The third-order valence-electron chi connectivity index (χ3n) is 6.20. The van der Waals surface area contributed by atoms with Crippen molar-refractivity contribution in [3.63, 3.8) is 0 Å². The number of carbonyl (C=O) groups excluding carboxylic acids is 1. The lowest BCUT2D eigenvalue weighted by atomic mass is 9.85. The van der Waals surface area contributed by atoms with Crippen molar-refractivity contribution in [3.8, 4) is 0 Å². The maximum absolute atomic E-state index is 13.2. The monoisotopic (exact) mass is 545 g/mol. The van der Waals surface area contributed by atoms with Gasteiger partial charge in [0, 0.05) is 12.0 Å². The van der Waals surface area contributed by atoms with Gasteiger partial charge in [-0.05, 0) is 50.3 Å². The maximum atomic E-state index is 13.2. The molecule has 0 unspecified atom stereocenters. The van der Waals surface area contributed by atoms with Gasteiger partial charge >= 0.3 is 6.18 Å². The van der Waals surface area contributed by atoms with Crippen LogP contribution < -0.4 is 16.4 Å². The van der Waals surface area contributed by atoms with Gasteiger partial charge in [0.15, 0.2) is 5.65 Å². The molecule has 36 heavy (non-hydrogen) atoms. The summed E-state index contributed by atoms with van der Waals surface area (Å²) in [5, 5.41) is 15.2. The van der Waals surface area contributed by atoms with Crippen LogP contribution in [0.5, 0.6) is 0 Å². The molecule has 2 aromatic heterocycles. The van der Waals surface area contributed by atoms with E-state index in [1.807, 2.05) is 6.92 Å². The number of hydrogen-bond acceptors (Lipinski definition) is 7. The van der Waals surface area contributed by atoms with Gasteiger partial charge in [-0.25, -0.2) is 9.97 Å². The van der Waals surface area contributed by atoms with Gasteiger partial charge < -0.3 is 21.5 Å². The first-order valence-electron chi connectivity index (χ1n) is 11.2. The fourth-order valence-corrected chi connectivity index (χ4v) is 5.02. The third-order valence-corrected chi connectivity index (χ3v) is 6.80. The summed E-state index contributed by atoms with van der Waals surface area (Å²) in [4.78, 5) is 24.4. The molecule has 3 aromatic rings. The fraction of sp³-hybridized carbons (Fsp3) is 0.455. The minimum Gasteiger partial charge on any atom is -0.394 e. The second-order valence-electron chi connectivity index (χ2n) is 8.77. The Labute approximate surface area is 214 Å². The third kappa shape index (κ3) is 5.45. The second-order valence-corrected chi connectivity index (χ2v) is 9.58. The van der Waals surface area contributed by atoms with E-state index in [4.69, 9.17) is 28.9 Å². The number of nitrogens with two attached hydrogens (primary N) is 1. The largest absolute Gasteiger partial charge is 0.410 e. The lowest BCUT2D eigenvalue weighted by Crippen LogP contribution is -2.39. The van der Waals surface area contributed by atoms with Crippen LogP contribution in [0.4, 0.5) is 30.8 Å². The number of aryl methyl sites for hydroxylation is 1. The van der Waals surface area contributed by atoms with Gasteiger partial charge in [-0.15, -0.1) is 0 Å². The predicted octanol–water partition coefficient (Wildman–Crippen LogP) is 4.74. The van der Waals surface area contributed by atoms with E-state index >= 15 is 0 Å². The van der Waals surface area contributed by atoms with Crippen LogP contribution in [0.25, 0.3) is 11.2 Å². The number of aromatic nitrogens is 4. The van der Waals surface area contributed by atoms with E-state index in [2.05, 4.69) is 25.6 Å². The molecule has 1 aliphatic carbocycles. The van der Waals surface area contributed by atoms with Crippen molar-refractivity contribution in [1.82, 2.24) is 19.5 Å². The Morgan fingerprint density at radius 3 is 2.42 bits per heavy atom. The highest BCUT2D eigenvalue weighted by molar-refractivity contribution is 6.39. The molecule has 1 aromatic carbocycles. The number of primary amides is 1. The van der Waals surface area contributed by atoms with E-state index in [1.165, 1.54) is 6.20 Å². The van der Waals surface area contributed by atoms with Gasteiger partial charge in [0.2, 0.25) is 17.8 Å². The molecule has 0 bridgehead atoms. The minimum absolute atomic E-state index is 0.185. The van der Waals surface area contributed by atoms with Gasteiger partial charge in [-0.3, -0.25) is 9.36 Å². The Balaban J connectivity index is 1.77. The number of hydrogen-bond donors (Lipinski definition) is 4. The van der Waals surface area contributed by atoms with Crippen molar-refractivity contribution in [3.05, 3.63) is 33.9 Å². The van der Waals surface area contributed by atoms with Crippen LogP contribution in [0.3, 0.4) is 0 Å². The smallest absolute Gasteiger partial charge is 0.394 e. The first-order chi connectivity index (χ1) is 17.0. The summed E-state index contributed by atoms with van der Waals surface area (Å²) in [5.74, 6) is -0.612. The molecule has 14 heteroatoms. The minimum atomic E-state index is -4.70. The van der Waals surface area contributed by atoms with E-state index in [0.717, 1.165) is 5.56 Å². The van der Waals surface area contributed by atoms with E-state index in [-0.39, 0.29) is 29.5 Å². The molecule has 0 aliphatic heterocycles. The summed E-state index contributed by atoms with van der Waals surface area (Å²) in [5.41, 5.74) is 7.34. The SMILES string of the molecule is Cc1cc(Cl)c(Nc2nc3cnc(N[C@H](CO)C(F)(F)F)nc3n2[C@H]2CC[C@@H](C(N)=O)CC2)c(Cl)c1. The van der Waals surface area contributed by atoms with Gasteiger partial charge in [-0.1, -0.05) is 23.2 Å². The average molecular weight is 546 g/mol. The normalized spacial score (nSPS) is 19.3. The predicted molar refractivity (Wildman–Crippen MR) is 131 cm³/mol. The van der Waals surface area contributed by atoms with Crippen LogP contribution in [0, 0.1) is 12.8 Å². The number of halogens is 5. The van der Waals surface area contributed by atoms with E-state index in [9.17, 15) is 23.1 Å². The molecular weight excluding hydrogens is 522 g/mol. The number of rotatable bonds is 7. The van der Waals surface area contributed by atoms with Gasteiger partial charge in [0.25, 0.3) is 0 Å². The van der Waals surface area contributed by atoms with Crippen LogP contribution in [0.15, 0.2) is 18.3 Å². The number of carbonyl (C=O) groups is 1. The zero-order valence-electron chi connectivity index (χ0n) is 19.1. The van der Waals surface area contributed by atoms with Crippen molar-refractivity contribution in [1.29, 1.82) is 0 Å². The number of aliphatic hydroxyl groups excluding tert-OH is 1. The number of amides is 1. The number of fused-ring (bicyclic) bond motifs is 1. The molecule has 0 saturated heterocycles. The zero-order valence-corrected chi connectivity index (χ0v) is 20.6. The Bertz CT molecular complexity index is 1250. The quantitative estimate of drug-likeness (QED) is 0.337. The van der Waals surface area contributed by atoms with E-state index in [1.54, 1.807) is 16.7 Å². The summed E-state index contributed by atoms with van der Waals surface area (Å²) in [6.45, 7) is 0.664. The van der Waals surface area contributed by atoms with Gasteiger partial charge in [0.1, 0.15) is 11.6 Å². The number of benzene rings is 1. The number of nitrogens with zero attached hydrogens (tertiary/aromatic N) is 4. The summed E-state index contributed by atoms with van der Waals surface area (Å²) in [6, 6.07) is 1.04. The average Bonchev–Trinajstić information content (AvgIpc) is 3.16. The molecule has 1 saturated carbocycles. The molecule has 0 spiro atoms. The van der Waals surface area contributed by atoms with Crippen molar-refractivity contribution in [2.75, 3.05) is 17.2 Å². The molecular formula is C22H24Cl2F3N7O2. The Hall–Kier alpha value is -2.83. The molecule has 1 aliphatic rings. The molecule has 9 nitrogen and oxygen atoms in total. The molecule has 194 valence electrons. The van der Waals surface area contributed by atoms with Crippen LogP contribution >= 0.6 is 23.2 Å². The Morgan fingerprint density at radius 2 is 1.86 bits per heavy atom. The van der Waals surface area contributed by atoms with E-state index < -0.39 is 18.8 Å². The van der Waals surface area contributed by atoms with Crippen LogP contribution in [0.1, 0.15) is 37.3 Å². The first kappa shape index (κ1) is 26.2. The van der Waals surface area contributed by atoms with Gasteiger partial charge in [-0.2, -0.15) is 18.2 Å². The summed E-state index contributed by atoms with van der Waals surface area (Å²) < 4.78 is 41.3. The van der Waals surface area contributed by atoms with Crippen LogP contribution in [-0.2, 0) is 4.79 Å². The summed E-state index contributed by atoms with van der Waals surface area (Å²) in [7, 11) is 0. The summed E-state index contributed by atoms with van der Waals surface area (Å²) in [6.07, 6.45) is -1.18. The number of anilines is 3. The number of alkyl halides is 3. The van der Waals surface area contributed by atoms with Gasteiger partial charge in [0.05, 0.1) is 28.5 Å². The van der Waals surface area contributed by atoms with Crippen molar-refractivity contribution >= 4 is 57.9 Å². The molecule has 1 amide bonds. The van der Waals surface area contributed by atoms with Crippen molar-refractivity contribution in [2.24, 2.45) is 11.7 Å². The zero-order chi connectivity index (χ0) is 26.2. The number of nitrogens with one attached hydrogen (secondary N) is 2. The van der Waals surface area contributed by atoms with Crippen molar-refractivity contribution in [2.45, 2.75) is 50.9 Å². The highest BCUT2D eigenvalue weighted by atomic mass is 35.5. The second kappa shape index (κ2) is 10.3. The number of aliphatic hydroxyl groups is 1. The molecule has 5 N–H and O–H groups in total. The number of imidazole rings is 1. The van der Waals surface area contributed by atoms with Crippen molar-refractivity contribution < 1.29 is 23.1 Å². The first-order valence-corrected chi connectivity index (χ1v) is 11.9. The Kier molecular flexibility index (Phi) is 7.48. The fourth-order valence-electron chi connectivity index (χ4n) is 4.33.